The van der Waals surface area contributed by atoms with Gasteiger partial charge in [-0.1, -0.05) is 37.7 Å². The van der Waals surface area contributed by atoms with E-state index in [-0.39, 0.29) is 17.6 Å². The third kappa shape index (κ3) is 5.21. The lowest BCUT2D eigenvalue weighted by molar-refractivity contribution is -0.145. The number of aromatic nitrogens is 1. The second-order valence-electron chi connectivity index (χ2n) is 5.51. The summed E-state index contributed by atoms with van der Waals surface area (Å²) in [6.45, 7) is 4.00. The highest BCUT2D eigenvalue weighted by atomic mass is 32.2. The number of fused-ring (bicyclic) bond motifs is 1. The Morgan fingerprint density at radius 3 is 2.74 bits per heavy atom. The minimum absolute atomic E-state index is 0.190. The van der Waals surface area contributed by atoms with Crippen molar-refractivity contribution in [3.05, 3.63) is 24.3 Å². The summed E-state index contributed by atoms with van der Waals surface area (Å²) in [5.41, 5.74) is 0.938. The van der Waals surface area contributed by atoms with Crippen LogP contribution in [0.25, 0.3) is 10.2 Å². The van der Waals surface area contributed by atoms with Crippen LogP contribution >= 0.6 is 23.1 Å². The number of esters is 1. The molecule has 0 fully saturated rings. The maximum absolute atomic E-state index is 12.1. The molecule has 5 nitrogen and oxygen atoms in total. The number of rotatable bonds is 7. The number of carbonyl (C=O) groups is 2. The maximum Gasteiger partial charge on any atom is 0.328 e. The van der Waals surface area contributed by atoms with Gasteiger partial charge in [-0.05, 0) is 24.5 Å². The number of amides is 1. The first-order chi connectivity index (χ1) is 11.0. The number of ether oxygens (including phenoxy) is 1. The van der Waals surface area contributed by atoms with E-state index in [1.807, 2.05) is 38.1 Å². The molecule has 0 spiro atoms. The predicted octanol–water partition coefficient (Wildman–Crippen LogP) is 3.09. The van der Waals surface area contributed by atoms with Crippen LogP contribution in [0.5, 0.6) is 0 Å². The van der Waals surface area contributed by atoms with E-state index in [9.17, 15) is 9.59 Å². The Morgan fingerprint density at radius 2 is 2.09 bits per heavy atom. The van der Waals surface area contributed by atoms with E-state index in [4.69, 9.17) is 4.74 Å². The Morgan fingerprint density at radius 1 is 1.35 bits per heavy atom. The summed E-state index contributed by atoms with van der Waals surface area (Å²) in [4.78, 5) is 28.3. The summed E-state index contributed by atoms with van der Waals surface area (Å²) < 4.78 is 6.69. The molecule has 0 bridgehead atoms. The molecule has 2 rings (SSSR count). The van der Waals surface area contributed by atoms with E-state index >= 15 is 0 Å². The first kappa shape index (κ1) is 17.7. The van der Waals surface area contributed by atoms with Crippen LogP contribution in [0.2, 0.25) is 0 Å². The Kier molecular flexibility index (Phi) is 6.41. The van der Waals surface area contributed by atoms with Gasteiger partial charge < -0.3 is 10.1 Å². The van der Waals surface area contributed by atoms with E-state index in [0.29, 0.717) is 6.42 Å². The van der Waals surface area contributed by atoms with Gasteiger partial charge in [0, 0.05) is 0 Å². The minimum atomic E-state index is -0.594. The zero-order valence-electron chi connectivity index (χ0n) is 13.4. The maximum atomic E-state index is 12.1. The molecule has 0 aliphatic carbocycles. The van der Waals surface area contributed by atoms with Gasteiger partial charge in [0.1, 0.15) is 6.04 Å². The van der Waals surface area contributed by atoms with Crippen LogP contribution in [0.1, 0.15) is 20.3 Å². The number of methoxy groups -OCH3 is 1. The molecule has 23 heavy (non-hydrogen) atoms. The van der Waals surface area contributed by atoms with E-state index in [1.165, 1.54) is 18.9 Å². The molecule has 1 N–H and O–H groups in total. The Bertz CT molecular complexity index is 652. The van der Waals surface area contributed by atoms with E-state index in [1.54, 1.807) is 11.3 Å². The molecule has 1 heterocycles. The predicted molar refractivity (Wildman–Crippen MR) is 93.7 cm³/mol. The summed E-state index contributed by atoms with van der Waals surface area (Å²) in [6.07, 6.45) is 0.560. The third-order valence-corrected chi connectivity index (χ3v) is 5.31. The number of para-hydroxylation sites is 1. The molecule has 124 valence electrons. The van der Waals surface area contributed by atoms with Gasteiger partial charge in [0.25, 0.3) is 0 Å². The molecular formula is C16H20N2O3S2. The van der Waals surface area contributed by atoms with Crippen molar-refractivity contribution in [2.24, 2.45) is 5.92 Å². The molecular weight excluding hydrogens is 332 g/mol. The zero-order chi connectivity index (χ0) is 16.8. The van der Waals surface area contributed by atoms with Crippen molar-refractivity contribution in [3.63, 3.8) is 0 Å². The van der Waals surface area contributed by atoms with Gasteiger partial charge in [-0.15, -0.1) is 11.3 Å². The quantitative estimate of drug-likeness (QED) is 0.612. The number of hydrogen-bond donors (Lipinski definition) is 1. The zero-order valence-corrected chi connectivity index (χ0v) is 15.0. The molecule has 0 aliphatic rings. The van der Waals surface area contributed by atoms with Gasteiger partial charge in [0.05, 0.1) is 23.1 Å². The van der Waals surface area contributed by atoms with Gasteiger partial charge in [-0.2, -0.15) is 0 Å². The standard InChI is InChI=1S/C16H20N2O3S2/c1-10(2)8-12(15(20)21-3)17-14(19)9-22-16-18-11-6-4-5-7-13(11)23-16/h4-7,10,12H,8-9H2,1-3H3,(H,17,19)/t12-/m1/s1. The monoisotopic (exact) mass is 352 g/mol. The fourth-order valence-electron chi connectivity index (χ4n) is 2.10. The Labute approximate surface area is 143 Å². The van der Waals surface area contributed by atoms with Crippen LogP contribution < -0.4 is 5.32 Å². The molecule has 0 unspecified atom stereocenters. The molecule has 1 amide bonds. The van der Waals surface area contributed by atoms with Crippen LogP contribution in [0, 0.1) is 5.92 Å². The highest BCUT2D eigenvalue weighted by molar-refractivity contribution is 8.01. The molecule has 0 aliphatic heterocycles. The molecule has 0 saturated carbocycles. The van der Waals surface area contributed by atoms with Crippen LogP contribution in [0.4, 0.5) is 0 Å². The van der Waals surface area contributed by atoms with Crippen molar-refractivity contribution in [1.29, 1.82) is 0 Å². The van der Waals surface area contributed by atoms with Crippen molar-refractivity contribution in [1.82, 2.24) is 10.3 Å². The first-order valence-corrected chi connectivity index (χ1v) is 9.15. The first-order valence-electron chi connectivity index (χ1n) is 7.35. The van der Waals surface area contributed by atoms with Crippen molar-refractivity contribution < 1.29 is 14.3 Å². The van der Waals surface area contributed by atoms with Crippen LogP contribution in [-0.4, -0.2) is 35.8 Å². The van der Waals surface area contributed by atoms with Gasteiger partial charge >= 0.3 is 5.97 Å². The van der Waals surface area contributed by atoms with E-state index in [2.05, 4.69) is 10.3 Å². The number of nitrogens with zero attached hydrogens (tertiary/aromatic N) is 1. The molecule has 0 radical (unpaired) electrons. The lowest BCUT2D eigenvalue weighted by atomic mass is 10.0. The van der Waals surface area contributed by atoms with E-state index in [0.717, 1.165) is 14.6 Å². The van der Waals surface area contributed by atoms with Gasteiger partial charge in [0.15, 0.2) is 4.34 Å². The number of carbonyl (C=O) groups excluding carboxylic acids is 2. The fourth-order valence-corrected chi connectivity index (χ4v) is 3.98. The van der Waals surface area contributed by atoms with Crippen molar-refractivity contribution in [3.8, 4) is 0 Å². The highest BCUT2D eigenvalue weighted by Crippen LogP contribution is 2.29. The normalized spacial score (nSPS) is 12.3. The number of nitrogens with one attached hydrogen (secondary N) is 1. The van der Waals surface area contributed by atoms with Crippen LogP contribution in [-0.2, 0) is 14.3 Å². The average molecular weight is 352 g/mol. The van der Waals surface area contributed by atoms with Crippen molar-refractivity contribution in [2.45, 2.75) is 30.6 Å². The van der Waals surface area contributed by atoms with Crippen molar-refractivity contribution in [2.75, 3.05) is 12.9 Å². The number of thiazole rings is 1. The molecule has 1 atom stereocenters. The van der Waals surface area contributed by atoms with Gasteiger partial charge in [0.2, 0.25) is 5.91 Å². The molecule has 7 heteroatoms. The number of hydrogen-bond acceptors (Lipinski definition) is 6. The van der Waals surface area contributed by atoms with E-state index < -0.39 is 12.0 Å². The van der Waals surface area contributed by atoms with Crippen molar-refractivity contribution >= 4 is 45.2 Å². The summed E-state index contributed by atoms with van der Waals surface area (Å²) in [5.74, 6) is -0.0792. The van der Waals surface area contributed by atoms with Gasteiger partial charge in [-0.3, -0.25) is 4.79 Å². The lowest BCUT2D eigenvalue weighted by Crippen LogP contribution is -2.43. The average Bonchev–Trinajstić information content (AvgIpc) is 2.94. The highest BCUT2D eigenvalue weighted by Gasteiger charge is 2.22. The third-order valence-electron chi connectivity index (χ3n) is 3.13. The Balaban J connectivity index is 1.91. The molecule has 2 aromatic rings. The second-order valence-corrected chi connectivity index (χ2v) is 7.76. The minimum Gasteiger partial charge on any atom is -0.467 e. The lowest BCUT2D eigenvalue weighted by Gasteiger charge is -2.18. The molecule has 0 saturated heterocycles. The smallest absolute Gasteiger partial charge is 0.328 e. The van der Waals surface area contributed by atoms with Gasteiger partial charge in [-0.25, -0.2) is 9.78 Å². The summed E-state index contributed by atoms with van der Waals surface area (Å²) in [7, 11) is 1.33. The summed E-state index contributed by atoms with van der Waals surface area (Å²) >= 11 is 2.94. The summed E-state index contributed by atoms with van der Waals surface area (Å²) in [5, 5.41) is 2.75. The summed E-state index contributed by atoms with van der Waals surface area (Å²) in [6, 6.07) is 7.27. The SMILES string of the molecule is COC(=O)[C@@H](CC(C)C)NC(=O)CSc1nc2ccccc2s1. The van der Waals surface area contributed by atoms with Crippen LogP contribution in [0.3, 0.4) is 0 Å². The topological polar surface area (TPSA) is 68.3 Å². The number of thioether (sulfide) groups is 1. The fraction of sp³-hybridized carbons (Fsp3) is 0.438. The Hall–Kier alpha value is -1.60. The number of benzene rings is 1. The largest absolute Gasteiger partial charge is 0.467 e. The van der Waals surface area contributed by atoms with Crippen LogP contribution in [0.15, 0.2) is 28.6 Å². The molecule has 1 aromatic carbocycles. The second kappa shape index (κ2) is 8.31. The molecule has 1 aromatic heterocycles.